The molecule has 2 N–H and O–H groups in total. The quantitative estimate of drug-likeness (QED) is 0.249. The van der Waals surface area contributed by atoms with Gasteiger partial charge < -0.3 is 28.8 Å². The summed E-state index contributed by atoms with van der Waals surface area (Å²) in [5, 5.41) is 10.2. The number of hydrogen-bond acceptors (Lipinski definition) is 8. The van der Waals surface area contributed by atoms with Crippen molar-refractivity contribution in [1.29, 1.82) is 0 Å². The molecule has 2 atom stereocenters. The number of morpholine rings is 1. The Bertz CT molecular complexity index is 1100. The molecular formula is C23H28BrClFN3O6S. The van der Waals surface area contributed by atoms with Gasteiger partial charge in [-0.1, -0.05) is 27.5 Å². The molecule has 0 spiro atoms. The third-order valence-electron chi connectivity index (χ3n) is 5.44. The second-order valence-corrected chi connectivity index (χ2v) is 12.2. The molecule has 13 heteroatoms. The fourth-order valence-electron chi connectivity index (χ4n) is 3.58. The van der Waals surface area contributed by atoms with E-state index in [0.717, 1.165) is 0 Å². The molecule has 1 unspecified atom stereocenters. The number of ether oxygens (including phenoxy) is 3. The third kappa shape index (κ3) is 6.07. The summed E-state index contributed by atoms with van der Waals surface area (Å²) in [6.07, 6.45) is 0. The summed E-state index contributed by atoms with van der Waals surface area (Å²) in [7, 11) is 1.42. The highest BCUT2D eigenvalue weighted by molar-refractivity contribution is 9.10. The van der Waals surface area contributed by atoms with E-state index in [0.29, 0.717) is 30.8 Å². The molecule has 0 amide bonds. The maximum Gasteiger partial charge on any atom is 0.337 e. The van der Waals surface area contributed by atoms with Crippen molar-refractivity contribution in [3.8, 4) is 5.75 Å². The van der Waals surface area contributed by atoms with Crippen molar-refractivity contribution < 1.29 is 33.1 Å². The Labute approximate surface area is 225 Å². The molecule has 1 aromatic heterocycles. The van der Waals surface area contributed by atoms with Gasteiger partial charge in [0.2, 0.25) is 11.5 Å². The van der Waals surface area contributed by atoms with Crippen LogP contribution >= 0.6 is 27.5 Å². The van der Waals surface area contributed by atoms with Gasteiger partial charge in [-0.3, -0.25) is 0 Å². The van der Waals surface area contributed by atoms with Gasteiger partial charge in [-0.2, -0.15) is 4.39 Å². The predicted molar refractivity (Wildman–Crippen MR) is 138 cm³/mol. The molecule has 2 heterocycles. The Balaban J connectivity index is 2.36. The van der Waals surface area contributed by atoms with Gasteiger partial charge in [0.05, 0.1) is 13.2 Å². The molecule has 1 aliphatic rings. The van der Waals surface area contributed by atoms with Gasteiger partial charge in [-0.25, -0.2) is 9.78 Å². The Morgan fingerprint density at radius 2 is 2.00 bits per heavy atom. The first kappa shape index (κ1) is 28.9. The molecule has 1 saturated heterocycles. The van der Waals surface area contributed by atoms with Crippen LogP contribution in [0, 0.1) is 5.95 Å². The van der Waals surface area contributed by atoms with E-state index in [1.54, 1.807) is 31.7 Å². The summed E-state index contributed by atoms with van der Waals surface area (Å²) in [4.78, 5) is 19.0. The maximum absolute atomic E-state index is 15.2. The predicted octanol–water partition coefficient (Wildman–Crippen LogP) is 3.84. The minimum atomic E-state index is -2.30. The van der Waals surface area contributed by atoms with Crippen molar-refractivity contribution in [1.82, 2.24) is 9.71 Å². The molecule has 36 heavy (non-hydrogen) atoms. The van der Waals surface area contributed by atoms with E-state index in [9.17, 15) is 14.5 Å². The summed E-state index contributed by atoms with van der Waals surface area (Å²) in [5.41, 5.74) is -2.43. The first-order valence-corrected chi connectivity index (χ1v) is 13.3. The number of nitrogens with one attached hydrogen (secondary N) is 1. The van der Waals surface area contributed by atoms with Crippen molar-refractivity contribution in [2.75, 3.05) is 45.1 Å². The first-order valence-electron chi connectivity index (χ1n) is 11.0. The number of carboxylic acids is 1. The molecule has 9 nitrogen and oxygen atoms in total. The number of benzene rings is 1. The van der Waals surface area contributed by atoms with Gasteiger partial charge >= 0.3 is 5.97 Å². The number of aromatic nitrogens is 1. The second-order valence-electron chi connectivity index (χ2n) is 8.96. The fourth-order valence-corrected chi connectivity index (χ4v) is 5.07. The molecule has 0 bridgehead atoms. The number of pyridine rings is 1. The second kappa shape index (κ2) is 11.8. The Morgan fingerprint density at radius 3 is 2.58 bits per heavy atom. The van der Waals surface area contributed by atoms with E-state index in [1.165, 1.54) is 25.3 Å². The minimum Gasteiger partial charge on any atom is -0.598 e. The van der Waals surface area contributed by atoms with Crippen LogP contribution in [-0.4, -0.2) is 65.6 Å². The van der Waals surface area contributed by atoms with E-state index in [1.807, 2.05) is 0 Å². The van der Waals surface area contributed by atoms with Crippen LogP contribution in [0.3, 0.4) is 0 Å². The number of nitrogens with zero attached hydrogens (tertiary/aromatic N) is 2. The average Bonchev–Trinajstić information content (AvgIpc) is 2.83. The SMILES string of the molecule is COCOc1ccc(Br)cc1C(N[S@@+]([O-])C(C)(C)C)(C(=O)O)c1cc(N2CCOCC2)nc(F)c1Cl. The van der Waals surface area contributed by atoms with Gasteiger partial charge in [0.25, 0.3) is 0 Å². The zero-order chi connectivity index (χ0) is 26.7. The number of rotatable bonds is 9. The molecule has 0 saturated carbocycles. The monoisotopic (exact) mass is 607 g/mol. The van der Waals surface area contributed by atoms with Crippen LogP contribution in [0.15, 0.2) is 28.7 Å². The van der Waals surface area contributed by atoms with E-state index in [4.69, 9.17) is 25.8 Å². The highest BCUT2D eigenvalue weighted by atomic mass is 79.9. The van der Waals surface area contributed by atoms with Crippen molar-refractivity contribution in [3.05, 3.63) is 50.8 Å². The molecule has 3 rings (SSSR count). The van der Waals surface area contributed by atoms with E-state index < -0.39 is 38.6 Å². The van der Waals surface area contributed by atoms with Crippen molar-refractivity contribution in [3.63, 3.8) is 0 Å². The Kier molecular flexibility index (Phi) is 9.47. The van der Waals surface area contributed by atoms with Gasteiger partial charge in [-0.15, -0.1) is 4.72 Å². The number of aliphatic carboxylic acids is 1. The van der Waals surface area contributed by atoms with Crippen molar-refractivity contribution >= 4 is 50.7 Å². The van der Waals surface area contributed by atoms with Gasteiger partial charge in [0, 0.05) is 47.2 Å². The first-order chi connectivity index (χ1) is 16.9. The largest absolute Gasteiger partial charge is 0.598 e. The van der Waals surface area contributed by atoms with Gasteiger partial charge in [0.15, 0.2) is 6.79 Å². The number of halogens is 3. The van der Waals surface area contributed by atoms with E-state index in [-0.39, 0.29) is 29.5 Å². The van der Waals surface area contributed by atoms with Crippen LogP contribution in [0.5, 0.6) is 5.75 Å². The third-order valence-corrected chi connectivity index (χ3v) is 7.90. The molecule has 0 radical (unpaired) electrons. The zero-order valence-electron chi connectivity index (χ0n) is 20.3. The Hall–Kier alpha value is -1.67. The highest BCUT2D eigenvalue weighted by Crippen LogP contribution is 2.43. The van der Waals surface area contributed by atoms with E-state index in [2.05, 4.69) is 25.6 Å². The van der Waals surface area contributed by atoms with Crippen molar-refractivity contribution in [2.24, 2.45) is 0 Å². The van der Waals surface area contributed by atoms with Crippen molar-refractivity contribution in [2.45, 2.75) is 31.1 Å². The summed E-state index contributed by atoms with van der Waals surface area (Å²) in [6, 6.07) is 6.08. The molecule has 1 aliphatic heterocycles. The maximum atomic E-state index is 15.2. The fraction of sp³-hybridized carbons (Fsp3) is 0.478. The lowest BCUT2D eigenvalue weighted by Crippen LogP contribution is -2.57. The number of carboxylic acid groups (broad SMARTS) is 1. The zero-order valence-corrected chi connectivity index (χ0v) is 23.4. The molecule has 2 aromatic rings. The van der Waals surface area contributed by atoms with Gasteiger partial charge in [0.1, 0.15) is 21.3 Å². The summed E-state index contributed by atoms with van der Waals surface area (Å²) >= 11 is 7.84. The lowest BCUT2D eigenvalue weighted by Gasteiger charge is -2.37. The van der Waals surface area contributed by atoms with Crippen LogP contribution in [-0.2, 0) is 31.2 Å². The number of carbonyl (C=O) groups is 1. The smallest absolute Gasteiger partial charge is 0.337 e. The number of methoxy groups -OCH3 is 1. The standard InChI is InChI=1S/C23H28BrClFN3O6S/c1-22(2,3)36(32)28-23(21(30)31,15-11-14(24)5-6-17(15)35-13-33-4)16-12-18(27-20(26)19(16)25)29-7-9-34-10-8-29/h5-6,11-12,28H,7-10,13H2,1-4H3,(H,30,31)/t23?,36-/m0/s1. The normalized spacial score (nSPS) is 16.9. The van der Waals surface area contributed by atoms with Crippen LogP contribution in [0.2, 0.25) is 5.02 Å². The van der Waals surface area contributed by atoms with Crippen LogP contribution in [0.1, 0.15) is 31.9 Å². The van der Waals surface area contributed by atoms with Gasteiger partial charge in [-0.05, 0) is 45.0 Å². The molecule has 1 aromatic carbocycles. The summed E-state index contributed by atoms with van der Waals surface area (Å²) < 4.78 is 47.0. The summed E-state index contributed by atoms with van der Waals surface area (Å²) in [6.45, 7) is 6.50. The average molecular weight is 609 g/mol. The number of hydrogen-bond donors (Lipinski definition) is 2. The van der Waals surface area contributed by atoms with E-state index >= 15 is 4.39 Å². The number of anilines is 1. The molecule has 1 fully saturated rings. The minimum absolute atomic E-state index is 0.0412. The Morgan fingerprint density at radius 1 is 1.33 bits per heavy atom. The van der Waals surface area contributed by atoms with Crippen LogP contribution < -0.4 is 14.4 Å². The van der Waals surface area contributed by atoms with Crippen LogP contribution in [0.25, 0.3) is 0 Å². The van der Waals surface area contributed by atoms with Crippen LogP contribution in [0.4, 0.5) is 10.2 Å². The summed E-state index contributed by atoms with van der Waals surface area (Å²) in [5.74, 6) is -2.24. The molecule has 0 aliphatic carbocycles. The topological polar surface area (TPSA) is 116 Å². The lowest BCUT2D eigenvalue weighted by atomic mass is 9.83. The molecular weight excluding hydrogens is 581 g/mol. The highest BCUT2D eigenvalue weighted by Gasteiger charge is 2.52. The lowest BCUT2D eigenvalue weighted by molar-refractivity contribution is -0.142. The molecule has 198 valence electrons.